The predicted octanol–water partition coefficient (Wildman–Crippen LogP) is -0.675. The summed E-state index contributed by atoms with van der Waals surface area (Å²) in [7, 11) is -7.57. The molecule has 11 heteroatoms. The first-order valence-corrected chi connectivity index (χ1v) is 10.2. The summed E-state index contributed by atoms with van der Waals surface area (Å²) in [6.07, 6.45) is 0. The number of rotatable bonds is 7. The van der Waals surface area contributed by atoms with E-state index in [-0.39, 0.29) is 35.8 Å². The topological polar surface area (TPSA) is 130 Å². The number of benzene rings is 1. The highest BCUT2D eigenvalue weighted by Crippen LogP contribution is 2.12. The zero-order chi connectivity index (χ0) is 17.8. The summed E-state index contributed by atoms with van der Waals surface area (Å²) in [6, 6.07) is 4.83. The molecule has 0 spiro atoms. The van der Waals surface area contributed by atoms with Gasteiger partial charge in [0.1, 0.15) is 0 Å². The van der Waals surface area contributed by atoms with E-state index < -0.39 is 26.0 Å². The van der Waals surface area contributed by atoms with Crippen molar-refractivity contribution in [1.29, 1.82) is 0 Å². The van der Waals surface area contributed by atoms with Crippen molar-refractivity contribution in [3.05, 3.63) is 29.8 Å². The Kier molecular flexibility index (Phi) is 5.93. The van der Waals surface area contributed by atoms with Crippen LogP contribution in [0.5, 0.6) is 0 Å². The van der Waals surface area contributed by atoms with Crippen LogP contribution >= 0.6 is 0 Å². The lowest BCUT2D eigenvalue weighted by Crippen LogP contribution is -2.43. The van der Waals surface area contributed by atoms with Crippen LogP contribution in [0.1, 0.15) is 10.4 Å². The summed E-state index contributed by atoms with van der Waals surface area (Å²) >= 11 is 0. The maximum Gasteiger partial charge on any atom is 0.335 e. The average molecular weight is 378 g/mol. The molecule has 0 aliphatic carbocycles. The van der Waals surface area contributed by atoms with Gasteiger partial charge in [-0.1, -0.05) is 6.07 Å². The van der Waals surface area contributed by atoms with Crippen LogP contribution < -0.4 is 4.72 Å². The number of aromatic carboxylic acids is 1. The highest BCUT2D eigenvalue weighted by molar-refractivity contribution is 7.90. The third-order valence-electron chi connectivity index (χ3n) is 3.41. The summed E-state index contributed by atoms with van der Waals surface area (Å²) in [5, 5.41) is 8.89. The third-order valence-corrected chi connectivity index (χ3v) is 6.74. The molecule has 1 aliphatic rings. The summed E-state index contributed by atoms with van der Waals surface area (Å²) in [4.78, 5) is 10.7. The Morgan fingerprint density at radius 2 is 1.88 bits per heavy atom. The molecule has 24 heavy (non-hydrogen) atoms. The summed E-state index contributed by atoms with van der Waals surface area (Å²) in [6.45, 7) is 0.810. The highest BCUT2D eigenvalue weighted by atomic mass is 32.2. The van der Waals surface area contributed by atoms with Gasteiger partial charge in [0.05, 0.1) is 29.4 Å². The number of morpholine rings is 1. The number of ether oxygens (including phenoxy) is 1. The van der Waals surface area contributed by atoms with E-state index in [2.05, 4.69) is 4.72 Å². The molecule has 0 aromatic heterocycles. The fraction of sp³-hybridized carbons (Fsp3) is 0.462. The number of nitrogens with one attached hydrogen (secondary N) is 1. The van der Waals surface area contributed by atoms with Crippen molar-refractivity contribution in [2.75, 3.05) is 38.6 Å². The van der Waals surface area contributed by atoms with Gasteiger partial charge < -0.3 is 9.84 Å². The van der Waals surface area contributed by atoms with Crippen molar-refractivity contribution < 1.29 is 31.5 Å². The molecule has 1 saturated heterocycles. The number of carboxylic acids is 1. The lowest BCUT2D eigenvalue weighted by atomic mass is 10.2. The molecule has 2 N–H and O–H groups in total. The van der Waals surface area contributed by atoms with Gasteiger partial charge in [-0.05, 0) is 18.2 Å². The molecule has 134 valence electrons. The second-order valence-corrected chi connectivity index (χ2v) is 8.91. The van der Waals surface area contributed by atoms with E-state index >= 15 is 0 Å². The molecule has 1 heterocycles. The number of hydrogen-bond acceptors (Lipinski definition) is 6. The normalized spacial score (nSPS) is 16.8. The first-order chi connectivity index (χ1) is 11.2. The van der Waals surface area contributed by atoms with Crippen LogP contribution in [-0.2, 0) is 24.8 Å². The first kappa shape index (κ1) is 18.8. The minimum absolute atomic E-state index is 0.168. The molecule has 2 rings (SSSR count). The van der Waals surface area contributed by atoms with Crippen molar-refractivity contribution in [3.8, 4) is 0 Å². The van der Waals surface area contributed by atoms with Crippen LogP contribution in [0.15, 0.2) is 29.2 Å². The Bertz CT molecular complexity index is 799. The fourth-order valence-corrected chi connectivity index (χ4v) is 4.67. The van der Waals surface area contributed by atoms with Gasteiger partial charge in [0.2, 0.25) is 20.0 Å². The largest absolute Gasteiger partial charge is 0.478 e. The van der Waals surface area contributed by atoms with E-state index in [4.69, 9.17) is 9.84 Å². The molecule has 1 aliphatic heterocycles. The van der Waals surface area contributed by atoms with E-state index in [0.29, 0.717) is 13.2 Å². The van der Waals surface area contributed by atoms with Gasteiger partial charge in [0, 0.05) is 19.6 Å². The SMILES string of the molecule is O=C(O)c1cccc(S(=O)(=O)NCCS(=O)(=O)N2CCOCC2)c1. The molecule has 1 aromatic carbocycles. The second-order valence-electron chi connectivity index (χ2n) is 5.06. The molecule has 1 fully saturated rings. The maximum absolute atomic E-state index is 12.1. The summed E-state index contributed by atoms with van der Waals surface area (Å²) in [5.41, 5.74) is -0.168. The van der Waals surface area contributed by atoms with E-state index in [0.717, 1.165) is 6.07 Å². The maximum atomic E-state index is 12.1. The average Bonchev–Trinajstić information content (AvgIpc) is 2.55. The van der Waals surface area contributed by atoms with Crippen molar-refractivity contribution >= 4 is 26.0 Å². The minimum atomic E-state index is -3.99. The van der Waals surface area contributed by atoms with Gasteiger partial charge in [0.15, 0.2) is 0 Å². The molecule has 0 radical (unpaired) electrons. The molecule has 0 unspecified atom stereocenters. The van der Waals surface area contributed by atoms with Crippen molar-refractivity contribution in [3.63, 3.8) is 0 Å². The van der Waals surface area contributed by atoms with Crippen LogP contribution in [0.25, 0.3) is 0 Å². The summed E-state index contributed by atoms with van der Waals surface area (Å²) < 4.78 is 57.0. The number of hydrogen-bond donors (Lipinski definition) is 2. The lowest BCUT2D eigenvalue weighted by molar-refractivity contribution is 0.0696. The van der Waals surface area contributed by atoms with Crippen molar-refractivity contribution in [1.82, 2.24) is 9.03 Å². The van der Waals surface area contributed by atoms with Gasteiger partial charge in [-0.15, -0.1) is 0 Å². The van der Waals surface area contributed by atoms with Crippen LogP contribution in [-0.4, -0.2) is 70.8 Å². The minimum Gasteiger partial charge on any atom is -0.478 e. The standard InChI is InChI=1S/C13H18N2O7S2/c16-13(17)11-2-1-3-12(10-11)24(20,21)14-4-9-23(18,19)15-5-7-22-8-6-15/h1-3,10,14H,4-9H2,(H,16,17). The number of sulfonamides is 2. The molecule has 9 nitrogen and oxygen atoms in total. The number of carbonyl (C=O) groups is 1. The highest BCUT2D eigenvalue weighted by Gasteiger charge is 2.25. The molecule has 0 saturated carbocycles. The van der Waals surface area contributed by atoms with Crippen LogP contribution in [0, 0.1) is 0 Å². The van der Waals surface area contributed by atoms with E-state index in [1.807, 2.05) is 0 Å². The molecule has 0 amide bonds. The lowest BCUT2D eigenvalue weighted by Gasteiger charge is -2.26. The first-order valence-electron chi connectivity index (χ1n) is 7.11. The third kappa shape index (κ3) is 4.74. The Labute approximate surface area is 140 Å². The molecule has 1 aromatic rings. The zero-order valence-corrected chi connectivity index (χ0v) is 14.3. The molecular formula is C13H18N2O7S2. The Morgan fingerprint density at radius 1 is 1.21 bits per heavy atom. The fourth-order valence-electron chi connectivity index (χ4n) is 2.14. The van der Waals surface area contributed by atoms with Crippen LogP contribution in [0.4, 0.5) is 0 Å². The Hall–Kier alpha value is -1.53. The van der Waals surface area contributed by atoms with Crippen molar-refractivity contribution in [2.24, 2.45) is 0 Å². The second kappa shape index (κ2) is 7.57. The zero-order valence-electron chi connectivity index (χ0n) is 12.7. The monoisotopic (exact) mass is 378 g/mol. The molecule has 0 atom stereocenters. The smallest absolute Gasteiger partial charge is 0.335 e. The van der Waals surface area contributed by atoms with E-state index in [9.17, 15) is 21.6 Å². The van der Waals surface area contributed by atoms with Crippen LogP contribution in [0.2, 0.25) is 0 Å². The molecule has 0 bridgehead atoms. The van der Waals surface area contributed by atoms with Crippen LogP contribution in [0.3, 0.4) is 0 Å². The van der Waals surface area contributed by atoms with Crippen molar-refractivity contribution in [2.45, 2.75) is 4.90 Å². The van der Waals surface area contributed by atoms with Gasteiger partial charge in [0.25, 0.3) is 0 Å². The van der Waals surface area contributed by atoms with Gasteiger partial charge >= 0.3 is 5.97 Å². The molecular weight excluding hydrogens is 360 g/mol. The Morgan fingerprint density at radius 3 is 2.50 bits per heavy atom. The van der Waals surface area contributed by atoms with Gasteiger partial charge in [-0.2, -0.15) is 4.31 Å². The predicted molar refractivity (Wildman–Crippen MR) is 84.8 cm³/mol. The number of nitrogens with zero attached hydrogens (tertiary/aromatic N) is 1. The van der Waals surface area contributed by atoms with Gasteiger partial charge in [-0.3, -0.25) is 0 Å². The van der Waals surface area contributed by atoms with E-state index in [1.165, 1.54) is 22.5 Å². The van der Waals surface area contributed by atoms with Gasteiger partial charge in [-0.25, -0.2) is 26.4 Å². The Balaban J connectivity index is 2.00. The van der Waals surface area contributed by atoms with E-state index in [1.54, 1.807) is 0 Å². The quantitative estimate of drug-likeness (QED) is 0.643. The summed E-state index contributed by atoms with van der Waals surface area (Å²) in [5.74, 6) is -1.63. The number of carboxylic acid groups (broad SMARTS) is 1.